The lowest BCUT2D eigenvalue weighted by atomic mass is 10.5. The number of carboxylic acids is 1. The average molecular weight is 290 g/mol. The summed E-state index contributed by atoms with van der Waals surface area (Å²) >= 11 is 6.06. The molecule has 0 aliphatic rings. The van der Waals surface area contributed by atoms with Crippen LogP contribution in [0.5, 0.6) is 0 Å². The molecule has 0 aliphatic carbocycles. The van der Waals surface area contributed by atoms with Gasteiger partial charge in [0.2, 0.25) is 0 Å². The second-order valence-corrected chi connectivity index (χ2v) is 5.32. The molecule has 0 atom stereocenters. The van der Waals surface area contributed by atoms with Gasteiger partial charge in [-0.1, -0.05) is 0 Å². The summed E-state index contributed by atoms with van der Waals surface area (Å²) in [4.78, 5) is 15.9. The zero-order valence-electron chi connectivity index (χ0n) is 6.73. The van der Waals surface area contributed by atoms with Gasteiger partial charge < -0.3 is 5.11 Å². The molecule has 0 spiro atoms. The van der Waals surface area contributed by atoms with Crippen LogP contribution in [0.15, 0.2) is 22.1 Å². The van der Waals surface area contributed by atoms with Gasteiger partial charge in [0, 0.05) is 9.85 Å². The molecule has 2 aromatic rings. The molecule has 0 amide bonds. The average Bonchev–Trinajstić information content (AvgIpc) is 2.70. The molecule has 72 valence electrons. The van der Waals surface area contributed by atoms with Crippen molar-refractivity contribution in [2.75, 3.05) is 0 Å². The standard InChI is InChI=1S/C8H4BrNO2S2/c9-4-1-5(13-3-4)7-10-2-6(14-7)8(11)12/h1-3H,(H,11,12). The van der Waals surface area contributed by atoms with E-state index >= 15 is 0 Å². The molecule has 6 heteroatoms. The molecule has 0 aliphatic heterocycles. The van der Waals surface area contributed by atoms with Crippen LogP contribution in [0.1, 0.15) is 9.67 Å². The highest BCUT2D eigenvalue weighted by atomic mass is 79.9. The number of thiophene rings is 1. The number of carboxylic acid groups (broad SMARTS) is 1. The van der Waals surface area contributed by atoms with E-state index in [9.17, 15) is 4.79 Å². The van der Waals surface area contributed by atoms with Crippen molar-refractivity contribution < 1.29 is 9.90 Å². The lowest BCUT2D eigenvalue weighted by Gasteiger charge is -1.85. The molecule has 0 saturated carbocycles. The molecule has 0 radical (unpaired) electrons. The topological polar surface area (TPSA) is 50.2 Å². The number of rotatable bonds is 2. The van der Waals surface area contributed by atoms with E-state index in [1.807, 2.05) is 11.4 Å². The second-order valence-electron chi connectivity index (χ2n) is 2.46. The summed E-state index contributed by atoms with van der Waals surface area (Å²) in [6, 6.07) is 1.93. The lowest BCUT2D eigenvalue weighted by Crippen LogP contribution is -1.89. The summed E-state index contributed by atoms with van der Waals surface area (Å²) < 4.78 is 0.990. The van der Waals surface area contributed by atoms with E-state index in [2.05, 4.69) is 20.9 Å². The SMILES string of the molecule is O=C(O)c1cnc(-c2cc(Br)cs2)s1. The van der Waals surface area contributed by atoms with Crippen LogP contribution < -0.4 is 0 Å². The predicted octanol–water partition coefficient (Wildman–Crippen LogP) is 3.33. The number of aromatic carboxylic acids is 1. The van der Waals surface area contributed by atoms with Crippen molar-refractivity contribution in [3.8, 4) is 9.88 Å². The minimum atomic E-state index is -0.927. The van der Waals surface area contributed by atoms with Gasteiger partial charge in [0.25, 0.3) is 0 Å². The van der Waals surface area contributed by atoms with Crippen molar-refractivity contribution in [1.82, 2.24) is 4.98 Å². The first-order chi connectivity index (χ1) is 6.66. The Balaban J connectivity index is 2.38. The number of thiazole rings is 1. The van der Waals surface area contributed by atoms with Crippen molar-refractivity contribution in [2.45, 2.75) is 0 Å². The Bertz CT molecular complexity index is 477. The van der Waals surface area contributed by atoms with E-state index in [0.29, 0.717) is 0 Å². The fourth-order valence-electron chi connectivity index (χ4n) is 0.912. The Morgan fingerprint density at radius 3 is 2.86 bits per heavy atom. The van der Waals surface area contributed by atoms with Gasteiger partial charge >= 0.3 is 5.97 Å². The first kappa shape index (κ1) is 9.82. The Morgan fingerprint density at radius 1 is 1.57 bits per heavy atom. The van der Waals surface area contributed by atoms with E-state index in [-0.39, 0.29) is 4.88 Å². The Hall–Kier alpha value is -0.720. The van der Waals surface area contributed by atoms with Gasteiger partial charge in [0.1, 0.15) is 9.88 Å². The summed E-state index contributed by atoms with van der Waals surface area (Å²) in [5, 5.41) is 11.4. The molecule has 0 aromatic carbocycles. The van der Waals surface area contributed by atoms with Gasteiger partial charge in [-0.3, -0.25) is 0 Å². The van der Waals surface area contributed by atoms with Gasteiger partial charge in [0.15, 0.2) is 0 Å². The molecule has 0 unspecified atom stereocenters. The predicted molar refractivity (Wildman–Crippen MR) is 60.1 cm³/mol. The number of hydrogen-bond donors (Lipinski definition) is 1. The van der Waals surface area contributed by atoms with Crippen LogP contribution in [0.25, 0.3) is 9.88 Å². The fraction of sp³-hybridized carbons (Fsp3) is 0. The zero-order valence-corrected chi connectivity index (χ0v) is 9.95. The van der Waals surface area contributed by atoms with E-state index in [0.717, 1.165) is 14.4 Å². The van der Waals surface area contributed by atoms with Crippen LogP contribution in [0.2, 0.25) is 0 Å². The number of aromatic nitrogens is 1. The van der Waals surface area contributed by atoms with E-state index < -0.39 is 5.97 Å². The third-order valence-corrected chi connectivity index (χ3v) is 4.34. The quantitative estimate of drug-likeness (QED) is 0.923. The van der Waals surface area contributed by atoms with E-state index in [1.165, 1.54) is 28.9 Å². The van der Waals surface area contributed by atoms with Crippen molar-refractivity contribution in [2.24, 2.45) is 0 Å². The largest absolute Gasteiger partial charge is 0.477 e. The highest BCUT2D eigenvalue weighted by Gasteiger charge is 2.11. The van der Waals surface area contributed by atoms with Crippen molar-refractivity contribution >= 4 is 44.6 Å². The van der Waals surface area contributed by atoms with Crippen LogP contribution in [0.3, 0.4) is 0 Å². The van der Waals surface area contributed by atoms with E-state index in [1.54, 1.807) is 0 Å². The summed E-state index contributed by atoms with van der Waals surface area (Å²) in [6.45, 7) is 0. The molecule has 2 heterocycles. The highest BCUT2D eigenvalue weighted by Crippen LogP contribution is 2.32. The summed E-state index contributed by atoms with van der Waals surface area (Å²) in [6.07, 6.45) is 1.38. The maximum atomic E-state index is 10.6. The number of halogens is 1. The van der Waals surface area contributed by atoms with Gasteiger partial charge in [-0.2, -0.15) is 0 Å². The third-order valence-electron chi connectivity index (χ3n) is 1.49. The second kappa shape index (κ2) is 3.80. The molecule has 0 saturated heterocycles. The molecule has 1 N–H and O–H groups in total. The monoisotopic (exact) mass is 289 g/mol. The Kier molecular flexibility index (Phi) is 2.66. The number of carbonyl (C=O) groups is 1. The van der Waals surface area contributed by atoms with Gasteiger partial charge in [-0.25, -0.2) is 9.78 Å². The minimum Gasteiger partial charge on any atom is -0.477 e. The summed E-state index contributed by atoms with van der Waals surface area (Å²) in [5.74, 6) is -0.927. The van der Waals surface area contributed by atoms with Crippen LogP contribution >= 0.6 is 38.6 Å². The van der Waals surface area contributed by atoms with E-state index in [4.69, 9.17) is 5.11 Å². The molecule has 2 aromatic heterocycles. The van der Waals surface area contributed by atoms with Crippen LogP contribution in [-0.4, -0.2) is 16.1 Å². The lowest BCUT2D eigenvalue weighted by molar-refractivity contribution is 0.0702. The molecule has 0 fully saturated rings. The van der Waals surface area contributed by atoms with Crippen molar-refractivity contribution in [1.29, 1.82) is 0 Å². The number of nitrogens with zero attached hydrogens (tertiary/aromatic N) is 1. The molecule has 2 rings (SSSR count). The molecule has 0 bridgehead atoms. The maximum absolute atomic E-state index is 10.6. The first-order valence-corrected chi connectivity index (χ1v) is 6.09. The van der Waals surface area contributed by atoms with Crippen molar-refractivity contribution in [3.63, 3.8) is 0 Å². The first-order valence-electron chi connectivity index (χ1n) is 3.60. The van der Waals surface area contributed by atoms with Gasteiger partial charge in [-0.15, -0.1) is 22.7 Å². The summed E-state index contributed by atoms with van der Waals surface area (Å²) in [7, 11) is 0. The minimum absolute atomic E-state index is 0.268. The Labute approximate surface area is 96.2 Å². The highest BCUT2D eigenvalue weighted by molar-refractivity contribution is 9.10. The smallest absolute Gasteiger partial charge is 0.347 e. The van der Waals surface area contributed by atoms with Crippen LogP contribution in [-0.2, 0) is 0 Å². The molecular formula is C8H4BrNO2S2. The number of hydrogen-bond acceptors (Lipinski definition) is 4. The van der Waals surface area contributed by atoms with Crippen LogP contribution in [0, 0.1) is 0 Å². The van der Waals surface area contributed by atoms with Gasteiger partial charge in [-0.05, 0) is 22.0 Å². The zero-order chi connectivity index (χ0) is 10.1. The van der Waals surface area contributed by atoms with Crippen LogP contribution in [0.4, 0.5) is 0 Å². The molecule has 3 nitrogen and oxygen atoms in total. The third kappa shape index (κ3) is 1.87. The summed E-state index contributed by atoms with van der Waals surface area (Å²) in [5.41, 5.74) is 0. The van der Waals surface area contributed by atoms with Crippen molar-refractivity contribution in [3.05, 3.63) is 27.0 Å². The molecular weight excluding hydrogens is 286 g/mol. The Morgan fingerprint density at radius 2 is 2.36 bits per heavy atom. The fourth-order valence-corrected chi connectivity index (χ4v) is 3.16. The molecule has 14 heavy (non-hydrogen) atoms. The van der Waals surface area contributed by atoms with Gasteiger partial charge in [0.05, 0.1) is 11.1 Å². The maximum Gasteiger partial charge on any atom is 0.347 e. The normalized spacial score (nSPS) is 10.4.